The van der Waals surface area contributed by atoms with E-state index in [1.807, 2.05) is 17.5 Å². The van der Waals surface area contributed by atoms with Crippen LogP contribution in [0.5, 0.6) is 0 Å². The maximum Gasteiger partial charge on any atom is 0.158 e. The number of hydrogen-bond acceptors (Lipinski definition) is 4. The number of Topliss-reactive ketones (excluding diaryl/α,β-unsaturated/α-hetero) is 1. The van der Waals surface area contributed by atoms with Gasteiger partial charge in [-0.25, -0.2) is 0 Å². The third kappa shape index (κ3) is 6.42. The number of carbonyl (C=O) groups is 1. The van der Waals surface area contributed by atoms with Crippen LogP contribution in [0.4, 0.5) is 0 Å². The van der Waals surface area contributed by atoms with Gasteiger partial charge in [0.1, 0.15) is 0 Å². The quantitative estimate of drug-likeness (QED) is 0.110. The molecule has 5 heteroatoms. The Balaban J connectivity index is 0.000000455. The molecule has 6 rings (SSSR count). The molecule has 0 saturated carbocycles. The molecular formula is C40H46IrNO2S-. The molecule has 0 fully saturated rings. The van der Waals surface area contributed by atoms with Crippen LogP contribution in [-0.2, 0) is 41.1 Å². The number of hydrogen-bond donors (Lipinski definition) is 1. The minimum absolute atomic E-state index is 0. The first kappa shape index (κ1) is 35.0. The molecule has 0 amide bonds. The number of pyridine rings is 1. The molecule has 5 aromatic rings. The molecular weight excluding hydrogens is 751 g/mol. The molecule has 0 atom stereocenters. The van der Waals surface area contributed by atoms with Crippen LogP contribution in [0.15, 0.2) is 60.0 Å². The van der Waals surface area contributed by atoms with Gasteiger partial charge >= 0.3 is 0 Å². The molecule has 3 aromatic carbocycles. The monoisotopic (exact) mass is 797 g/mol. The minimum atomic E-state index is -0.0787. The van der Waals surface area contributed by atoms with Crippen LogP contribution in [0.2, 0.25) is 0 Å². The SMILES string of the molecule is CC(=O)/C(C)=C(/C)O.Cc1c2c(cc3sc4c(-c5[c-]c6ccccc6c(C(C)(C)C)c5)nccc4c13)C(C)(C)CCC2(C)C.[Ir]. The predicted molar refractivity (Wildman–Crippen MR) is 189 cm³/mol. The number of aliphatic hydroxyl groups is 1. The maximum absolute atomic E-state index is 10.4. The normalized spacial score (nSPS) is 16.0. The van der Waals surface area contributed by atoms with E-state index in [2.05, 4.69) is 104 Å². The van der Waals surface area contributed by atoms with Crippen LogP contribution < -0.4 is 0 Å². The second kappa shape index (κ2) is 12.4. The molecule has 1 N–H and O–H groups in total. The fourth-order valence-corrected chi connectivity index (χ4v) is 8.08. The van der Waals surface area contributed by atoms with Crippen LogP contribution in [-0.4, -0.2) is 15.9 Å². The third-order valence-electron chi connectivity index (χ3n) is 9.62. The van der Waals surface area contributed by atoms with Crippen molar-refractivity contribution in [3.8, 4) is 11.3 Å². The van der Waals surface area contributed by atoms with Gasteiger partial charge < -0.3 is 5.11 Å². The maximum atomic E-state index is 10.4. The van der Waals surface area contributed by atoms with Gasteiger partial charge in [0.25, 0.3) is 0 Å². The van der Waals surface area contributed by atoms with Crippen LogP contribution in [0.3, 0.4) is 0 Å². The van der Waals surface area contributed by atoms with Crippen LogP contribution in [0.1, 0.15) is 104 Å². The fraction of sp³-hybridized carbons (Fsp3) is 0.400. The van der Waals surface area contributed by atoms with E-state index >= 15 is 0 Å². The zero-order valence-corrected chi connectivity index (χ0v) is 31.8. The van der Waals surface area contributed by atoms with Crippen molar-refractivity contribution < 1.29 is 30.0 Å². The Morgan fingerprint density at radius 1 is 0.956 bits per heavy atom. The second-order valence-corrected chi connectivity index (χ2v) is 15.9. The first-order chi connectivity index (χ1) is 20.4. The summed E-state index contributed by atoms with van der Waals surface area (Å²) < 4.78 is 2.66. The van der Waals surface area contributed by atoms with Gasteiger partial charge in [-0.1, -0.05) is 77.6 Å². The largest absolute Gasteiger partial charge is 0.512 e. The molecule has 0 aliphatic heterocycles. The molecule has 1 radical (unpaired) electrons. The van der Waals surface area contributed by atoms with Crippen LogP contribution in [0.25, 0.3) is 42.2 Å². The van der Waals surface area contributed by atoms with Gasteiger partial charge in [-0.15, -0.1) is 40.5 Å². The number of allylic oxidation sites excluding steroid dienone is 2. The smallest absolute Gasteiger partial charge is 0.158 e. The Kier molecular flexibility index (Phi) is 9.64. The molecule has 1 aliphatic carbocycles. The summed E-state index contributed by atoms with van der Waals surface area (Å²) in [6.45, 7) is 23.5. The van der Waals surface area contributed by atoms with Gasteiger partial charge in [0.05, 0.1) is 5.76 Å². The van der Waals surface area contributed by atoms with Crippen molar-refractivity contribution in [1.29, 1.82) is 0 Å². The molecule has 1 aliphatic rings. The van der Waals surface area contributed by atoms with Crippen LogP contribution in [0, 0.1) is 13.0 Å². The van der Waals surface area contributed by atoms with E-state index in [0.29, 0.717) is 5.57 Å². The van der Waals surface area contributed by atoms with E-state index in [1.54, 1.807) is 12.5 Å². The van der Waals surface area contributed by atoms with Gasteiger partial charge in [-0.05, 0) is 91.0 Å². The van der Waals surface area contributed by atoms with E-state index in [0.717, 1.165) is 16.6 Å². The summed E-state index contributed by atoms with van der Waals surface area (Å²) in [6, 6.07) is 19.4. The zero-order chi connectivity index (χ0) is 32.4. The first-order valence-corrected chi connectivity index (χ1v) is 16.4. The van der Waals surface area contributed by atoms with Gasteiger partial charge in [0.15, 0.2) is 5.78 Å². The number of aliphatic hydroxyl groups excluding tert-OH is 1. The number of benzene rings is 3. The number of nitrogens with zero attached hydrogens (tertiary/aromatic N) is 1. The topological polar surface area (TPSA) is 50.2 Å². The summed E-state index contributed by atoms with van der Waals surface area (Å²) in [5.74, 6) is 0.0301. The Bertz CT molecular complexity index is 1970. The average Bonchev–Trinajstić information content (AvgIpc) is 3.33. The van der Waals surface area contributed by atoms with Crippen molar-refractivity contribution in [2.45, 2.75) is 105 Å². The van der Waals surface area contributed by atoms with E-state index in [-0.39, 0.29) is 47.9 Å². The third-order valence-corrected chi connectivity index (χ3v) is 10.8. The summed E-state index contributed by atoms with van der Waals surface area (Å²) in [7, 11) is 0. The number of ketones is 1. The Morgan fingerprint density at radius 2 is 1.60 bits per heavy atom. The van der Waals surface area contributed by atoms with Crippen molar-refractivity contribution in [2.24, 2.45) is 0 Å². The van der Waals surface area contributed by atoms with Crippen molar-refractivity contribution in [2.75, 3.05) is 0 Å². The van der Waals surface area contributed by atoms with Crippen molar-refractivity contribution in [1.82, 2.24) is 4.98 Å². The molecule has 0 bridgehead atoms. The molecule has 2 heterocycles. The number of aryl methyl sites for hydroxylation is 1. The van der Waals surface area contributed by atoms with Crippen molar-refractivity contribution >= 4 is 48.1 Å². The van der Waals surface area contributed by atoms with Crippen LogP contribution >= 0.6 is 11.3 Å². The summed E-state index contributed by atoms with van der Waals surface area (Å²) in [4.78, 5) is 15.3. The number of carbonyl (C=O) groups excluding carboxylic acids is 1. The summed E-state index contributed by atoms with van der Waals surface area (Å²) >= 11 is 1.91. The molecule has 45 heavy (non-hydrogen) atoms. The Hall–Kier alpha value is -2.85. The standard InChI is InChI=1S/C34H36NS.C6H10O2.Ir/c1-20-28-24-13-16-35-30(22-17-21-11-9-10-12-23(21)25(18-22)32(2,3)4)31(24)36-27(28)19-26-29(20)34(7,8)15-14-33(26,5)6;1-4(5(2)7)6(3)8;/h9-13,16,18-19H,14-15H2,1-8H3;7H,1-3H3;/q-1;;/b;5-4-;. The summed E-state index contributed by atoms with van der Waals surface area (Å²) in [5, 5.41) is 13.8. The minimum Gasteiger partial charge on any atom is -0.512 e. The van der Waals surface area contributed by atoms with Gasteiger partial charge in [0.2, 0.25) is 0 Å². The van der Waals surface area contributed by atoms with Crippen molar-refractivity contribution in [3.63, 3.8) is 0 Å². The number of thiophene rings is 1. The molecule has 0 unspecified atom stereocenters. The number of fused-ring (bicyclic) bond motifs is 5. The molecule has 3 nitrogen and oxygen atoms in total. The average molecular weight is 797 g/mol. The molecule has 0 saturated heterocycles. The van der Waals surface area contributed by atoms with Gasteiger partial charge in [0, 0.05) is 52.4 Å². The zero-order valence-electron chi connectivity index (χ0n) is 28.6. The molecule has 0 spiro atoms. The second-order valence-electron chi connectivity index (χ2n) is 14.9. The number of aromatic nitrogens is 1. The van der Waals surface area contributed by atoms with E-state index in [9.17, 15) is 4.79 Å². The Morgan fingerprint density at radius 3 is 2.20 bits per heavy atom. The van der Waals surface area contributed by atoms with Crippen molar-refractivity contribution in [3.05, 3.63) is 88.3 Å². The van der Waals surface area contributed by atoms with Gasteiger partial charge in [-0.2, -0.15) is 0 Å². The summed E-state index contributed by atoms with van der Waals surface area (Å²) in [5.41, 5.74) is 8.93. The Labute approximate surface area is 286 Å². The predicted octanol–water partition coefficient (Wildman–Crippen LogP) is 11.4. The van der Waals surface area contributed by atoms with E-state index in [1.165, 1.54) is 68.9 Å². The number of rotatable bonds is 2. The first-order valence-electron chi connectivity index (χ1n) is 15.6. The van der Waals surface area contributed by atoms with Gasteiger partial charge in [-0.3, -0.25) is 9.78 Å². The fourth-order valence-electron chi connectivity index (χ4n) is 6.78. The van der Waals surface area contributed by atoms with E-state index in [4.69, 9.17) is 10.1 Å². The molecule has 239 valence electrons. The summed E-state index contributed by atoms with van der Waals surface area (Å²) in [6.07, 6.45) is 4.46. The van der Waals surface area contributed by atoms with E-state index < -0.39 is 0 Å². The molecule has 2 aromatic heterocycles.